The number of likely N-dealkylation sites (N-methyl/N-ethyl adjacent to an activating group) is 1. The molecule has 0 saturated heterocycles. The molecule has 2 aromatic rings. The topological polar surface area (TPSA) is 71.5 Å². The number of nitrogens with one attached hydrogen (secondary N) is 1. The summed E-state index contributed by atoms with van der Waals surface area (Å²) in [4.78, 5) is 29.9. The molecular weight excluding hydrogens is 350 g/mol. The number of carbonyl (C=O) groups excluding carboxylic acids is 2. The summed E-state index contributed by atoms with van der Waals surface area (Å²) in [6, 6.07) is 7.47. The predicted molar refractivity (Wildman–Crippen MR) is 94.2 cm³/mol. The van der Waals surface area contributed by atoms with Gasteiger partial charge in [0.15, 0.2) is 0 Å². The molecule has 0 fully saturated rings. The normalized spacial score (nSPS) is 10.3. The van der Waals surface area contributed by atoms with Crippen LogP contribution in [0.15, 0.2) is 24.3 Å². The lowest BCUT2D eigenvalue weighted by atomic mass is 10.1. The first kappa shape index (κ1) is 18.2. The molecule has 0 aliphatic rings. The molecule has 0 bridgehead atoms. The highest BCUT2D eigenvalue weighted by Crippen LogP contribution is 2.28. The number of hydrogen-bond donors (Lipinski definition) is 1. The number of amides is 2. The van der Waals surface area contributed by atoms with Crippen LogP contribution in [0.3, 0.4) is 0 Å². The predicted octanol–water partition coefficient (Wildman–Crippen LogP) is 3.09. The summed E-state index contributed by atoms with van der Waals surface area (Å²) in [7, 11) is 2.77. The highest BCUT2D eigenvalue weighted by molar-refractivity contribution is 7.12. The number of thiazole rings is 1. The number of aryl methyl sites for hydroxylation is 1. The lowest BCUT2D eigenvalue weighted by Gasteiger charge is -2.14. The van der Waals surface area contributed by atoms with Crippen LogP contribution in [0.4, 0.5) is 4.79 Å². The maximum Gasteiger partial charge on any atom is 0.409 e. The number of halogens is 1. The van der Waals surface area contributed by atoms with Crippen LogP contribution in [0.5, 0.6) is 0 Å². The third-order valence-corrected chi connectivity index (χ3v) is 4.49. The quantitative estimate of drug-likeness (QED) is 0.881. The number of rotatable bonds is 5. The van der Waals surface area contributed by atoms with Crippen molar-refractivity contribution in [3.8, 4) is 11.3 Å². The van der Waals surface area contributed by atoms with Crippen LogP contribution in [0.25, 0.3) is 11.3 Å². The van der Waals surface area contributed by atoms with E-state index in [1.807, 2.05) is 31.2 Å². The molecule has 1 heterocycles. The summed E-state index contributed by atoms with van der Waals surface area (Å²) in [6.07, 6.45) is -0.555. The Kier molecular flexibility index (Phi) is 6.16. The van der Waals surface area contributed by atoms with E-state index in [2.05, 4.69) is 15.0 Å². The molecule has 1 aromatic carbocycles. The van der Waals surface area contributed by atoms with Gasteiger partial charge in [-0.3, -0.25) is 4.79 Å². The minimum absolute atomic E-state index is 0.0684. The highest BCUT2D eigenvalue weighted by atomic mass is 35.5. The van der Waals surface area contributed by atoms with Crippen molar-refractivity contribution in [1.29, 1.82) is 0 Å². The van der Waals surface area contributed by atoms with Gasteiger partial charge >= 0.3 is 6.09 Å². The van der Waals surface area contributed by atoms with Crippen LogP contribution < -0.4 is 5.32 Å². The summed E-state index contributed by atoms with van der Waals surface area (Å²) in [6.45, 7) is 2.23. The van der Waals surface area contributed by atoms with Gasteiger partial charge in [0.25, 0.3) is 0 Å². The smallest absolute Gasteiger partial charge is 0.409 e. The van der Waals surface area contributed by atoms with E-state index < -0.39 is 6.09 Å². The van der Waals surface area contributed by atoms with E-state index in [1.165, 1.54) is 30.4 Å². The highest BCUT2D eigenvalue weighted by Gasteiger charge is 2.14. The Morgan fingerprint density at radius 3 is 2.62 bits per heavy atom. The van der Waals surface area contributed by atoms with Crippen molar-refractivity contribution in [2.75, 3.05) is 20.7 Å². The number of benzene rings is 1. The maximum absolute atomic E-state index is 11.8. The zero-order valence-corrected chi connectivity index (χ0v) is 15.2. The summed E-state index contributed by atoms with van der Waals surface area (Å²) >= 11 is 7.42. The molecule has 0 aliphatic heterocycles. The largest absolute Gasteiger partial charge is 0.453 e. The second kappa shape index (κ2) is 8.12. The average molecular weight is 368 g/mol. The van der Waals surface area contributed by atoms with Gasteiger partial charge in [0.2, 0.25) is 5.91 Å². The Balaban J connectivity index is 1.97. The van der Waals surface area contributed by atoms with Crippen molar-refractivity contribution >= 4 is 34.9 Å². The van der Waals surface area contributed by atoms with E-state index in [1.54, 1.807) is 0 Å². The van der Waals surface area contributed by atoms with Crippen LogP contribution in [0.1, 0.15) is 9.88 Å². The van der Waals surface area contributed by atoms with E-state index in [9.17, 15) is 9.59 Å². The Hall–Kier alpha value is -2.12. The van der Waals surface area contributed by atoms with Gasteiger partial charge in [0.05, 0.1) is 19.3 Å². The molecule has 0 unspecified atom stereocenters. The molecule has 24 heavy (non-hydrogen) atoms. The Bertz CT molecular complexity index is 731. The summed E-state index contributed by atoms with van der Waals surface area (Å²) in [5.74, 6) is -0.274. The van der Waals surface area contributed by atoms with Gasteiger partial charge in [-0.2, -0.15) is 0 Å². The number of carbonyl (C=O) groups is 2. The van der Waals surface area contributed by atoms with Crippen LogP contribution in [-0.2, 0) is 16.1 Å². The molecule has 0 saturated carbocycles. The molecule has 0 aliphatic carbocycles. The Morgan fingerprint density at radius 2 is 2.00 bits per heavy atom. The van der Waals surface area contributed by atoms with Crippen LogP contribution in [0.2, 0.25) is 5.02 Å². The molecule has 128 valence electrons. The maximum atomic E-state index is 11.8. The first-order valence-electron chi connectivity index (χ1n) is 7.18. The molecular formula is C16H18ClN3O3S. The van der Waals surface area contributed by atoms with Crippen LogP contribution >= 0.6 is 22.9 Å². The van der Waals surface area contributed by atoms with Crippen molar-refractivity contribution in [2.24, 2.45) is 0 Å². The Morgan fingerprint density at radius 1 is 1.33 bits per heavy atom. The SMILES string of the molecule is COC(=O)N(C)CC(=O)NCc1nc(-c2ccc(Cl)cc2)c(C)s1. The fourth-order valence-corrected chi connectivity index (χ4v) is 3.09. The second-order valence-electron chi connectivity index (χ2n) is 5.12. The fraction of sp³-hybridized carbons (Fsp3) is 0.312. The molecule has 2 rings (SSSR count). The minimum Gasteiger partial charge on any atom is -0.453 e. The van der Waals surface area contributed by atoms with E-state index in [-0.39, 0.29) is 12.5 Å². The van der Waals surface area contributed by atoms with Crippen molar-refractivity contribution in [3.63, 3.8) is 0 Å². The molecule has 2 amide bonds. The summed E-state index contributed by atoms with van der Waals surface area (Å²) in [5, 5.41) is 4.22. The van der Waals surface area contributed by atoms with Gasteiger partial charge in [-0.15, -0.1) is 11.3 Å². The van der Waals surface area contributed by atoms with Gasteiger partial charge < -0.3 is 15.0 Å². The van der Waals surface area contributed by atoms with Gasteiger partial charge in [-0.25, -0.2) is 9.78 Å². The van der Waals surface area contributed by atoms with E-state index in [0.29, 0.717) is 11.6 Å². The zero-order valence-electron chi connectivity index (χ0n) is 13.6. The number of nitrogens with zero attached hydrogens (tertiary/aromatic N) is 2. The molecule has 0 radical (unpaired) electrons. The number of aromatic nitrogens is 1. The monoisotopic (exact) mass is 367 g/mol. The summed E-state index contributed by atoms with van der Waals surface area (Å²) in [5.41, 5.74) is 1.86. The van der Waals surface area contributed by atoms with Crippen molar-refractivity contribution in [3.05, 3.63) is 39.2 Å². The molecule has 0 atom stereocenters. The molecule has 6 nitrogen and oxygen atoms in total. The van der Waals surface area contributed by atoms with Gasteiger partial charge in [0, 0.05) is 22.5 Å². The summed E-state index contributed by atoms with van der Waals surface area (Å²) < 4.78 is 4.54. The molecule has 0 spiro atoms. The van der Waals surface area contributed by atoms with Crippen molar-refractivity contribution in [2.45, 2.75) is 13.5 Å². The standard InChI is InChI=1S/C16H18ClN3O3S/c1-10-15(11-4-6-12(17)7-5-11)19-14(24-10)8-18-13(21)9-20(2)16(22)23-3/h4-7H,8-9H2,1-3H3,(H,18,21). The third kappa shape index (κ3) is 4.69. The van der Waals surface area contributed by atoms with E-state index in [0.717, 1.165) is 21.1 Å². The Labute approximate surface area is 149 Å². The minimum atomic E-state index is -0.555. The first-order valence-corrected chi connectivity index (χ1v) is 8.38. The van der Waals surface area contributed by atoms with Crippen molar-refractivity contribution in [1.82, 2.24) is 15.2 Å². The van der Waals surface area contributed by atoms with Gasteiger partial charge in [-0.1, -0.05) is 23.7 Å². The van der Waals surface area contributed by atoms with Gasteiger partial charge in [-0.05, 0) is 19.1 Å². The van der Waals surface area contributed by atoms with Crippen LogP contribution in [0, 0.1) is 6.92 Å². The van der Waals surface area contributed by atoms with Gasteiger partial charge in [0.1, 0.15) is 11.6 Å². The molecule has 8 heteroatoms. The molecule has 1 N–H and O–H groups in total. The number of methoxy groups -OCH3 is 1. The lowest BCUT2D eigenvalue weighted by Crippen LogP contribution is -2.38. The van der Waals surface area contributed by atoms with Crippen molar-refractivity contribution < 1.29 is 14.3 Å². The average Bonchev–Trinajstić information content (AvgIpc) is 2.93. The molecule has 1 aromatic heterocycles. The zero-order chi connectivity index (χ0) is 17.7. The second-order valence-corrected chi connectivity index (χ2v) is 6.85. The van der Waals surface area contributed by atoms with E-state index in [4.69, 9.17) is 11.6 Å². The fourth-order valence-electron chi connectivity index (χ4n) is 2.07. The lowest BCUT2D eigenvalue weighted by molar-refractivity contribution is -0.121. The first-order chi connectivity index (χ1) is 11.4. The van der Waals surface area contributed by atoms with Crippen LogP contribution in [-0.4, -0.2) is 42.6 Å². The number of ether oxygens (including phenoxy) is 1. The van der Waals surface area contributed by atoms with E-state index >= 15 is 0 Å². The number of hydrogen-bond acceptors (Lipinski definition) is 5. The third-order valence-electron chi connectivity index (χ3n) is 3.26.